The number of amides is 2. The molecule has 0 N–H and O–H groups in total. The van der Waals surface area contributed by atoms with Crippen molar-refractivity contribution in [3.8, 4) is 11.5 Å². The van der Waals surface area contributed by atoms with Gasteiger partial charge in [0.1, 0.15) is 18.8 Å². The van der Waals surface area contributed by atoms with Crippen LogP contribution in [-0.2, 0) is 20.9 Å². The van der Waals surface area contributed by atoms with Gasteiger partial charge in [-0.25, -0.2) is 0 Å². The van der Waals surface area contributed by atoms with Gasteiger partial charge >= 0.3 is 5.97 Å². The molecule has 0 saturated carbocycles. The van der Waals surface area contributed by atoms with Crippen molar-refractivity contribution in [2.75, 3.05) is 13.7 Å². The number of methoxy groups -OCH3 is 1. The van der Waals surface area contributed by atoms with Crippen LogP contribution >= 0.6 is 27.7 Å². The van der Waals surface area contributed by atoms with Crippen LogP contribution in [0.2, 0.25) is 0 Å². The molecule has 0 aliphatic carbocycles. The van der Waals surface area contributed by atoms with Gasteiger partial charge < -0.3 is 14.2 Å². The summed E-state index contributed by atoms with van der Waals surface area (Å²) in [6.45, 7) is 7.11. The lowest BCUT2D eigenvalue weighted by Gasteiger charge is -2.21. The average molecular weight is 548 g/mol. The normalized spacial score (nSPS) is 15.1. The zero-order chi connectivity index (χ0) is 25.0. The fourth-order valence-electron chi connectivity index (χ4n) is 3.09. The van der Waals surface area contributed by atoms with Gasteiger partial charge in [0.2, 0.25) is 0 Å². The maximum atomic E-state index is 12.8. The minimum Gasteiger partial charge on any atom is -0.493 e. The highest BCUT2D eigenvalue weighted by atomic mass is 79.9. The molecule has 0 bridgehead atoms. The molecular weight excluding hydrogens is 522 g/mol. The van der Waals surface area contributed by atoms with Gasteiger partial charge in [0.15, 0.2) is 11.5 Å². The summed E-state index contributed by atoms with van der Waals surface area (Å²) < 4.78 is 17.3. The maximum Gasteiger partial charge on any atom is 0.326 e. The molecule has 0 radical (unpaired) electrons. The van der Waals surface area contributed by atoms with E-state index in [0.29, 0.717) is 28.1 Å². The van der Waals surface area contributed by atoms with Crippen molar-refractivity contribution in [3.63, 3.8) is 0 Å². The number of nitrogens with zero attached hydrogens (tertiary/aromatic N) is 1. The number of imide groups is 1. The topological polar surface area (TPSA) is 82.1 Å². The molecule has 0 atom stereocenters. The lowest BCUT2D eigenvalue weighted by atomic mass is 10.1. The number of carbonyl (C=O) groups excluding carboxylic acids is 3. The average Bonchev–Trinajstić information content (AvgIpc) is 2.99. The highest BCUT2D eigenvalue weighted by Gasteiger charge is 2.37. The van der Waals surface area contributed by atoms with E-state index in [2.05, 4.69) is 15.9 Å². The van der Waals surface area contributed by atoms with Gasteiger partial charge in [0.25, 0.3) is 11.1 Å². The first-order valence-electron chi connectivity index (χ1n) is 10.5. The Morgan fingerprint density at radius 1 is 1.15 bits per heavy atom. The summed E-state index contributed by atoms with van der Waals surface area (Å²) in [5.74, 6) is -0.190. The number of thioether (sulfide) groups is 1. The van der Waals surface area contributed by atoms with E-state index in [9.17, 15) is 14.4 Å². The molecule has 1 aliphatic heterocycles. The smallest absolute Gasteiger partial charge is 0.326 e. The van der Waals surface area contributed by atoms with Crippen LogP contribution in [0, 0.1) is 6.92 Å². The Balaban J connectivity index is 1.76. The molecule has 7 nitrogen and oxygen atoms in total. The lowest BCUT2D eigenvalue weighted by Crippen LogP contribution is -2.37. The van der Waals surface area contributed by atoms with E-state index >= 15 is 0 Å². The van der Waals surface area contributed by atoms with Gasteiger partial charge in [-0.3, -0.25) is 19.3 Å². The molecule has 2 amide bonds. The maximum absolute atomic E-state index is 12.8. The number of benzene rings is 2. The van der Waals surface area contributed by atoms with E-state index in [0.717, 1.165) is 22.2 Å². The van der Waals surface area contributed by atoms with Gasteiger partial charge in [-0.2, -0.15) is 0 Å². The largest absolute Gasteiger partial charge is 0.493 e. The number of aryl methyl sites for hydroxylation is 1. The first kappa shape index (κ1) is 25.8. The Kier molecular flexibility index (Phi) is 8.09. The quantitative estimate of drug-likeness (QED) is 0.323. The molecule has 180 valence electrons. The Morgan fingerprint density at radius 2 is 1.82 bits per heavy atom. The van der Waals surface area contributed by atoms with Gasteiger partial charge in [-0.15, -0.1) is 0 Å². The summed E-state index contributed by atoms with van der Waals surface area (Å²) in [5, 5.41) is -0.522. The van der Waals surface area contributed by atoms with Crippen LogP contribution in [0.25, 0.3) is 6.08 Å². The molecule has 0 aromatic heterocycles. The summed E-state index contributed by atoms with van der Waals surface area (Å²) in [6.07, 6.45) is 1.58. The van der Waals surface area contributed by atoms with E-state index in [1.54, 1.807) is 39.0 Å². The van der Waals surface area contributed by atoms with Gasteiger partial charge in [-0.1, -0.05) is 29.8 Å². The molecule has 2 aromatic rings. The number of rotatable bonds is 7. The number of ether oxygens (including phenoxy) is 3. The van der Waals surface area contributed by atoms with Crippen molar-refractivity contribution in [1.29, 1.82) is 0 Å². The van der Waals surface area contributed by atoms with Crippen LogP contribution in [-0.4, -0.2) is 41.3 Å². The molecule has 3 rings (SSSR count). The summed E-state index contributed by atoms with van der Waals surface area (Å²) in [7, 11) is 1.53. The van der Waals surface area contributed by atoms with Gasteiger partial charge in [-0.05, 0) is 84.7 Å². The number of hydrogen-bond acceptors (Lipinski definition) is 7. The fraction of sp³-hybridized carbons (Fsp3) is 0.320. The molecule has 34 heavy (non-hydrogen) atoms. The zero-order valence-corrected chi connectivity index (χ0v) is 22.0. The molecular formula is C25H26BrNO6S. The van der Waals surface area contributed by atoms with Crippen LogP contribution in [0.1, 0.15) is 37.5 Å². The minimum absolute atomic E-state index is 0.204. The first-order valence-corrected chi connectivity index (χ1v) is 12.1. The second-order valence-electron chi connectivity index (χ2n) is 8.66. The van der Waals surface area contributed by atoms with Crippen LogP contribution in [0.15, 0.2) is 45.8 Å². The zero-order valence-electron chi connectivity index (χ0n) is 19.6. The number of carbonyl (C=O) groups is 3. The Hall–Kier alpha value is -2.78. The van der Waals surface area contributed by atoms with Crippen LogP contribution in [0.3, 0.4) is 0 Å². The molecule has 0 unspecified atom stereocenters. The Morgan fingerprint density at radius 3 is 2.44 bits per heavy atom. The van der Waals surface area contributed by atoms with Crippen molar-refractivity contribution in [1.82, 2.24) is 4.90 Å². The SMILES string of the molecule is COc1cc(C=C2SC(=O)N(CC(=O)OC(C)(C)C)C2=O)cc(Br)c1OCc1ccc(C)cc1. The molecule has 1 fully saturated rings. The van der Waals surface area contributed by atoms with E-state index < -0.39 is 29.3 Å². The third kappa shape index (κ3) is 6.64. The third-order valence-corrected chi connectivity index (χ3v) is 6.13. The van der Waals surface area contributed by atoms with Crippen LogP contribution < -0.4 is 9.47 Å². The standard InChI is InChI=1S/C25H26BrNO6S/c1-15-6-8-16(9-7-15)14-32-22-18(26)10-17(11-19(22)31-5)12-20-23(29)27(24(30)34-20)13-21(28)33-25(2,3)4/h6-12H,13-14H2,1-5H3. The first-order chi connectivity index (χ1) is 16.0. The molecule has 2 aromatic carbocycles. The number of hydrogen-bond donors (Lipinski definition) is 0. The van der Waals surface area contributed by atoms with Crippen LogP contribution in [0.4, 0.5) is 4.79 Å². The molecule has 9 heteroatoms. The summed E-state index contributed by atoms with van der Waals surface area (Å²) >= 11 is 4.28. The van der Waals surface area contributed by atoms with Crippen molar-refractivity contribution in [3.05, 3.63) is 62.5 Å². The van der Waals surface area contributed by atoms with Gasteiger partial charge in [0, 0.05) is 0 Å². The van der Waals surface area contributed by atoms with E-state index in [1.807, 2.05) is 31.2 Å². The van der Waals surface area contributed by atoms with Crippen molar-refractivity contribution >= 4 is 50.9 Å². The predicted octanol–water partition coefficient (Wildman–Crippen LogP) is 5.72. The van der Waals surface area contributed by atoms with Crippen molar-refractivity contribution in [2.24, 2.45) is 0 Å². The summed E-state index contributed by atoms with van der Waals surface area (Å²) in [6, 6.07) is 11.5. The second-order valence-corrected chi connectivity index (χ2v) is 10.5. The predicted molar refractivity (Wildman–Crippen MR) is 135 cm³/mol. The highest BCUT2D eigenvalue weighted by molar-refractivity contribution is 9.10. The van der Waals surface area contributed by atoms with Crippen molar-refractivity contribution in [2.45, 2.75) is 39.9 Å². The fourth-order valence-corrected chi connectivity index (χ4v) is 4.51. The molecule has 1 heterocycles. The minimum atomic E-state index is -0.708. The van der Waals surface area contributed by atoms with Crippen LogP contribution in [0.5, 0.6) is 11.5 Å². The third-order valence-electron chi connectivity index (χ3n) is 4.63. The Labute approximate surface area is 211 Å². The monoisotopic (exact) mass is 547 g/mol. The number of esters is 1. The number of halogens is 1. The molecule has 1 aliphatic rings. The summed E-state index contributed by atoms with van der Waals surface area (Å²) in [5.41, 5.74) is 2.11. The molecule has 0 spiro atoms. The van der Waals surface area contributed by atoms with E-state index in [4.69, 9.17) is 14.2 Å². The Bertz CT molecular complexity index is 1140. The van der Waals surface area contributed by atoms with E-state index in [1.165, 1.54) is 12.7 Å². The second kappa shape index (κ2) is 10.7. The van der Waals surface area contributed by atoms with Crippen molar-refractivity contribution < 1.29 is 28.6 Å². The highest BCUT2D eigenvalue weighted by Crippen LogP contribution is 2.39. The van der Waals surface area contributed by atoms with E-state index in [-0.39, 0.29) is 4.91 Å². The molecule has 1 saturated heterocycles. The van der Waals surface area contributed by atoms with Gasteiger partial charge in [0.05, 0.1) is 16.5 Å². The lowest BCUT2D eigenvalue weighted by molar-refractivity contribution is -0.156. The summed E-state index contributed by atoms with van der Waals surface area (Å²) in [4.78, 5) is 38.3.